The fraction of sp³-hybridized carbons (Fsp3) is 0.125. The first-order valence-corrected chi connectivity index (χ1v) is 6.03. The van der Waals surface area contributed by atoms with Crippen molar-refractivity contribution in [3.63, 3.8) is 0 Å². The lowest BCUT2D eigenvalue weighted by molar-refractivity contribution is 0.0917. The molecule has 2 aromatic carbocycles. The first-order valence-electron chi connectivity index (χ1n) is 6.03. The number of benzene rings is 2. The van der Waals surface area contributed by atoms with Gasteiger partial charge in [0.25, 0.3) is 0 Å². The maximum atomic E-state index is 13.4. The molecule has 0 aliphatic carbocycles. The van der Waals surface area contributed by atoms with Gasteiger partial charge in [-0.15, -0.1) is 0 Å². The van der Waals surface area contributed by atoms with Crippen LogP contribution in [0.4, 0.5) is 4.39 Å². The first-order chi connectivity index (χ1) is 9.61. The average molecular weight is 269 g/mol. The Morgan fingerprint density at radius 1 is 1.30 bits per heavy atom. The Labute approximate surface area is 116 Å². The van der Waals surface area contributed by atoms with Crippen molar-refractivity contribution in [3.05, 3.63) is 65.0 Å². The molecule has 0 amide bonds. The average Bonchev–Trinajstić information content (AvgIpc) is 2.46. The van der Waals surface area contributed by atoms with E-state index in [9.17, 15) is 9.18 Å². The van der Waals surface area contributed by atoms with Crippen LogP contribution in [0.3, 0.4) is 0 Å². The van der Waals surface area contributed by atoms with Crippen LogP contribution in [0.2, 0.25) is 0 Å². The second kappa shape index (κ2) is 5.98. The van der Waals surface area contributed by atoms with Gasteiger partial charge in [-0.3, -0.25) is 4.79 Å². The number of carbonyl (C=O) groups excluding carboxylic acids is 1. The monoisotopic (exact) mass is 269 g/mol. The van der Waals surface area contributed by atoms with Crippen molar-refractivity contribution in [3.8, 4) is 11.8 Å². The van der Waals surface area contributed by atoms with E-state index >= 15 is 0 Å². The quantitative estimate of drug-likeness (QED) is 0.800. The van der Waals surface area contributed by atoms with Crippen molar-refractivity contribution < 1.29 is 13.9 Å². The highest BCUT2D eigenvalue weighted by atomic mass is 19.1. The standard InChI is InChI=1S/C16H12FNO2/c1-11-6-7-12(9-18)8-16(11)20-10-15(19)13-4-2-3-5-14(13)17/h2-8H,10H2,1H3. The molecule has 0 atom stereocenters. The number of ketones is 1. The third kappa shape index (κ3) is 3.01. The number of hydrogen-bond donors (Lipinski definition) is 0. The number of nitriles is 1. The second-order valence-electron chi connectivity index (χ2n) is 4.28. The Balaban J connectivity index is 2.12. The summed E-state index contributed by atoms with van der Waals surface area (Å²) >= 11 is 0. The summed E-state index contributed by atoms with van der Waals surface area (Å²) in [7, 11) is 0. The summed E-state index contributed by atoms with van der Waals surface area (Å²) in [4.78, 5) is 11.9. The highest BCUT2D eigenvalue weighted by Gasteiger charge is 2.12. The number of hydrogen-bond acceptors (Lipinski definition) is 3. The van der Waals surface area contributed by atoms with Gasteiger partial charge < -0.3 is 4.74 Å². The van der Waals surface area contributed by atoms with Gasteiger partial charge in [-0.1, -0.05) is 18.2 Å². The zero-order chi connectivity index (χ0) is 14.5. The number of ether oxygens (including phenoxy) is 1. The van der Waals surface area contributed by atoms with Crippen molar-refractivity contribution in [2.24, 2.45) is 0 Å². The smallest absolute Gasteiger partial charge is 0.203 e. The van der Waals surface area contributed by atoms with Crippen LogP contribution in [0.1, 0.15) is 21.5 Å². The fourth-order valence-corrected chi connectivity index (χ4v) is 1.73. The largest absolute Gasteiger partial charge is 0.485 e. The van der Waals surface area contributed by atoms with Gasteiger partial charge in [0, 0.05) is 0 Å². The van der Waals surface area contributed by atoms with Gasteiger partial charge in [0.15, 0.2) is 6.61 Å². The lowest BCUT2D eigenvalue weighted by Gasteiger charge is -2.09. The third-order valence-corrected chi connectivity index (χ3v) is 2.85. The third-order valence-electron chi connectivity index (χ3n) is 2.85. The molecular weight excluding hydrogens is 257 g/mol. The van der Waals surface area contributed by atoms with Crippen molar-refractivity contribution in [2.45, 2.75) is 6.92 Å². The summed E-state index contributed by atoms with van der Waals surface area (Å²) in [5, 5.41) is 8.82. The Morgan fingerprint density at radius 2 is 2.05 bits per heavy atom. The molecule has 0 heterocycles. The van der Waals surface area contributed by atoms with E-state index in [0.717, 1.165) is 5.56 Å². The Kier molecular flexibility index (Phi) is 4.11. The van der Waals surface area contributed by atoms with Crippen molar-refractivity contribution in [1.29, 1.82) is 5.26 Å². The lowest BCUT2D eigenvalue weighted by Crippen LogP contribution is -2.13. The van der Waals surface area contributed by atoms with Crippen LogP contribution in [0.25, 0.3) is 0 Å². The van der Waals surface area contributed by atoms with Crippen LogP contribution in [-0.4, -0.2) is 12.4 Å². The van der Waals surface area contributed by atoms with Gasteiger partial charge in [-0.25, -0.2) is 4.39 Å². The maximum Gasteiger partial charge on any atom is 0.203 e. The molecule has 0 N–H and O–H groups in total. The van der Waals surface area contributed by atoms with Gasteiger partial charge in [0.05, 0.1) is 17.2 Å². The summed E-state index contributed by atoms with van der Waals surface area (Å²) < 4.78 is 18.8. The Bertz CT molecular complexity index is 689. The van der Waals surface area contributed by atoms with Crippen LogP contribution in [0.15, 0.2) is 42.5 Å². The predicted molar refractivity (Wildman–Crippen MR) is 72.1 cm³/mol. The summed E-state index contributed by atoms with van der Waals surface area (Å²) in [5.41, 5.74) is 1.26. The predicted octanol–water partition coefficient (Wildman–Crippen LogP) is 3.27. The molecule has 0 radical (unpaired) electrons. The van der Waals surface area contributed by atoms with E-state index in [2.05, 4.69) is 0 Å². The van der Waals surface area contributed by atoms with E-state index in [4.69, 9.17) is 10.00 Å². The number of Topliss-reactive ketones (excluding diaryl/α,β-unsaturated/α-hetero) is 1. The van der Waals surface area contributed by atoms with Crippen LogP contribution in [-0.2, 0) is 0 Å². The lowest BCUT2D eigenvalue weighted by atomic mass is 10.1. The molecule has 3 nitrogen and oxygen atoms in total. The zero-order valence-electron chi connectivity index (χ0n) is 10.9. The minimum Gasteiger partial charge on any atom is -0.485 e. The van der Waals surface area contributed by atoms with Crippen molar-refractivity contribution >= 4 is 5.78 Å². The minimum atomic E-state index is -0.566. The molecule has 4 heteroatoms. The van der Waals surface area contributed by atoms with Gasteiger partial charge in [0.1, 0.15) is 11.6 Å². The molecule has 0 aromatic heterocycles. The molecule has 0 bridgehead atoms. The van der Waals surface area contributed by atoms with E-state index in [1.165, 1.54) is 18.2 Å². The van der Waals surface area contributed by atoms with E-state index in [0.29, 0.717) is 11.3 Å². The molecule has 0 spiro atoms. The second-order valence-corrected chi connectivity index (χ2v) is 4.28. The van der Waals surface area contributed by atoms with E-state index in [-0.39, 0.29) is 12.2 Å². The number of rotatable bonds is 4. The van der Waals surface area contributed by atoms with Gasteiger partial charge >= 0.3 is 0 Å². The molecule has 0 unspecified atom stereocenters. The highest BCUT2D eigenvalue weighted by molar-refractivity contribution is 5.97. The minimum absolute atomic E-state index is 0.00147. The number of nitrogens with zero attached hydrogens (tertiary/aromatic N) is 1. The normalized spacial score (nSPS) is 9.85. The number of carbonyl (C=O) groups is 1. The van der Waals surface area contributed by atoms with Gasteiger partial charge in [0.2, 0.25) is 5.78 Å². The number of aryl methyl sites for hydroxylation is 1. The first kappa shape index (κ1) is 13.8. The van der Waals surface area contributed by atoms with Gasteiger partial charge in [-0.05, 0) is 36.8 Å². The molecule has 0 saturated carbocycles. The van der Waals surface area contributed by atoms with Crippen LogP contribution < -0.4 is 4.74 Å². The van der Waals surface area contributed by atoms with E-state index < -0.39 is 11.6 Å². The molecule has 0 aliphatic rings. The fourth-order valence-electron chi connectivity index (χ4n) is 1.73. The SMILES string of the molecule is Cc1ccc(C#N)cc1OCC(=O)c1ccccc1F. The van der Waals surface area contributed by atoms with Crippen molar-refractivity contribution in [1.82, 2.24) is 0 Å². The Hall–Kier alpha value is -2.67. The highest BCUT2D eigenvalue weighted by Crippen LogP contribution is 2.19. The van der Waals surface area contributed by atoms with E-state index in [1.807, 2.05) is 13.0 Å². The molecular formula is C16H12FNO2. The summed E-state index contributed by atoms with van der Waals surface area (Å²) in [6.07, 6.45) is 0. The molecule has 0 aliphatic heterocycles. The molecule has 0 saturated heterocycles. The molecule has 2 rings (SSSR count). The van der Waals surface area contributed by atoms with E-state index in [1.54, 1.807) is 24.3 Å². The number of halogens is 1. The van der Waals surface area contributed by atoms with Crippen LogP contribution in [0.5, 0.6) is 5.75 Å². The summed E-state index contributed by atoms with van der Waals surface area (Å²) in [5.74, 6) is -0.554. The summed E-state index contributed by atoms with van der Waals surface area (Å²) in [6, 6.07) is 12.7. The van der Waals surface area contributed by atoms with Gasteiger partial charge in [-0.2, -0.15) is 5.26 Å². The van der Waals surface area contributed by atoms with Crippen molar-refractivity contribution in [2.75, 3.05) is 6.61 Å². The molecule has 2 aromatic rings. The van der Waals surface area contributed by atoms with Crippen LogP contribution in [0, 0.1) is 24.1 Å². The topological polar surface area (TPSA) is 50.1 Å². The Morgan fingerprint density at radius 3 is 2.75 bits per heavy atom. The molecule has 100 valence electrons. The van der Waals surface area contributed by atoms with Crippen LogP contribution >= 0.6 is 0 Å². The zero-order valence-corrected chi connectivity index (χ0v) is 10.9. The molecule has 0 fully saturated rings. The molecule has 20 heavy (non-hydrogen) atoms. The summed E-state index contributed by atoms with van der Waals surface area (Å²) in [6.45, 7) is 1.54. The maximum absolute atomic E-state index is 13.4.